The number of aromatic nitrogens is 2. The third-order valence-electron chi connectivity index (χ3n) is 3.57. The summed E-state index contributed by atoms with van der Waals surface area (Å²) in [6, 6.07) is 5.32. The Hall–Kier alpha value is -2.57. The van der Waals surface area contributed by atoms with Gasteiger partial charge in [0.05, 0.1) is 18.4 Å². The molecule has 1 aliphatic rings. The first-order chi connectivity index (χ1) is 10.6. The van der Waals surface area contributed by atoms with Gasteiger partial charge in [-0.2, -0.15) is 0 Å². The number of ether oxygens (including phenoxy) is 1. The van der Waals surface area contributed by atoms with E-state index in [1.807, 2.05) is 25.1 Å². The number of hydrogen-bond donors (Lipinski definition) is 0. The topological polar surface area (TPSA) is 71.7 Å². The molecule has 1 aliphatic heterocycles. The van der Waals surface area contributed by atoms with Crippen LogP contribution >= 0.6 is 0 Å². The van der Waals surface area contributed by atoms with E-state index in [2.05, 4.69) is 10.2 Å². The zero-order valence-electron chi connectivity index (χ0n) is 12.6. The van der Waals surface area contributed by atoms with E-state index in [0.717, 1.165) is 12.2 Å². The summed E-state index contributed by atoms with van der Waals surface area (Å²) >= 11 is 0. The van der Waals surface area contributed by atoms with Crippen LogP contribution in [0, 0.1) is 0 Å². The van der Waals surface area contributed by atoms with Crippen LogP contribution in [0.4, 0.5) is 5.82 Å². The molecule has 1 saturated heterocycles. The van der Waals surface area contributed by atoms with Crippen molar-refractivity contribution in [2.45, 2.75) is 12.5 Å². The average molecular weight is 302 g/mol. The molecule has 1 atom stereocenters. The van der Waals surface area contributed by atoms with Gasteiger partial charge in [0, 0.05) is 33.1 Å². The number of carbonyl (C=O) groups is 1. The fourth-order valence-corrected chi connectivity index (χ4v) is 2.36. The van der Waals surface area contributed by atoms with Crippen molar-refractivity contribution in [3.8, 4) is 5.88 Å². The minimum atomic E-state index is -0.0599. The first-order valence-electron chi connectivity index (χ1n) is 7.12. The van der Waals surface area contributed by atoms with E-state index in [0.29, 0.717) is 24.5 Å². The molecule has 1 amide bonds. The lowest BCUT2D eigenvalue weighted by Crippen LogP contribution is -2.30. The van der Waals surface area contributed by atoms with Crippen LogP contribution < -0.4 is 9.64 Å². The lowest BCUT2D eigenvalue weighted by Gasteiger charge is -2.16. The quantitative estimate of drug-likeness (QED) is 0.851. The smallest absolute Gasteiger partial charge is 0.257 e. The maximum absolute atomic E-state index is 12.2. The number of furan rings is 1. The molecule has 7 heteroatoms. The van der Waals surface area contributed by atoms with E-state index >= 15 is 0 Å². The summed E-state index contributed by atoms with van der Waals surface area (Å²) in [4.78, 5) is 15.8. The first kappa shape index (κ1) is 14.4. The van der Waals surface area contributed by atoms with Gasteiger partial charge in [0.2, 0.25) is 5.88 Å². The second kappa shape index (κ2) is 6.05. The summed E-state index contributed by atoms with van der Waals surface area (Å²) in [5.74, 6) is 1.22. The molecule has 22 heavy (non-hydrogen) atoms. The van der Waals surface area contributed by atoms with Crippen LogP contribution in [0.25, 0.3) is 0 Å². The van der Waals surface area contributed by atoms with Crippen LogP contribution in [-0.2, 0) is 0 Å². The number of rotatable bonds is 4. The fourth-order valence-electron chi connectivity index (χ4n) is 2.36. The van der Waals surface area contributed by atoms with Crippen molar-refractivity contribution in [2.24, 2.45) is 0 Å². The molecule has 2 aromatic rings. The Morgan fingerprint density at radius 3 is 2.86 bits per heavy atom. The predicted octanol–water partition coefficient (Wildman–Crippen LogP) is 1.43. The summed E-state index contributed by atoms with van der Waals surface area (Å²) in [5, 5.41) is 8.12. The minimum Gasteiger partial charge on any atom is -0.472 e. The Morgan fingerprint density at radius 1 is 1.36 bits per heavy atom. The van der Waals surface area contributed by atoms with Crippen LogP contribution in [0.5, 0.6) is 5.88 Å². The predicted molar refractivity (Wildman–Crippen MR) is 80.0 cm³/mol. The summed E-state index contributed by atoms with van der Waals surface area (Å²) < 4.78 is 10.7. The highest BCUT2D eigenvalue weighted by molar-refractivity contribution is 5.94. The van der Waals surface area contributed by atoms with Crippen LogP contribution in [0.2, 0.25) is 0 Å². The van der Waals surface area contributed by atoms with E-state index in [-0.39, 0.29) is 12.0 Å². The van der Waals surface area contributed by atoms with Crippen LogP contribution in [-0.4, -0.2) is 54.3 Å². The highest BCUT2D eigenvalue weighted by Gasteiger charge is 2.29. The van der Waals surface area contributed by atoms with Crippen molar-refractivity contribution in [1.82, 2.24) is 15.1 Å². The van der Waals surface area contributed by atoms with Crippen molar-refractivity contribution >= 4 is 11.7 Å². The van der Waals surface area contributed by atoms with Crippen molar-refractivity contribution in [3.63, 3.8) is 0 Å². The van der Waals surface area contributed by atoms with E-state index < -0.39 is 0 Å². The Bertz CT molecular complexity index is 625. The van der Waals surface area contributed by atoms with E-state index in [4.69, 9.17) is 9.15 Å². The molecule has 7 nitrogen and oxygen atoms in total. The van der Waals surface area contributed by atoms with Gasteiger partial charge < -0.3 is 19.0 Å². The molecule has 0 unspecified atom stereocenters. The second-order valence-corrected chi connectivity index (χ2v) is 5.42. The van der Waals surface area contributed by atoms with Crippen molar-refractivity contribution in [1.29, 1.82) is 0 Å². The largest absolute Gasteiger partial charge is 0.472 e. The number of nitrogens with zero attached hydrogens (tertiary/aromatic N) is 4. The molecule has 0 saturated carbocycles. The maximum Gasteiger partial charge on any atom is 0.257 e. The first-order valence-corrected chi connectivity index (χ1v) is 7.12. The summed E-state index contributed by atoms with van der Waals surface area (Å²) in [6.45, 7) is 1.21. The summed E-state index contributed by atoms with van der Waals surface area (Å²) in [6.07, 6.45) is 3.68. The highest BCUT2D eigenvalue weighted by Crippen LogP contribution is 2.19. The van der Waals surface area contributed by atoms with E-state index in [1.165, 1.54) is 12.5 Å². The molecule has 1 fully saturated rings. The molecule has 0 radical (unpaired) electrons. The zero-order chi connectivity index (χ0) is 15.5. The molecule has 0 aromatic carbocycles. The molecule has 0 spiro atoms. The molecule has 3 rings (SSSR count). The van der Waals surface area contributed by atoms with E-state index in [9.17, 15) is 4.79 Å². The average Bonchev–Trinajstić information content (AvgIpc) is 3.19. The molecular formula is C15H18N4O3. The van der Waals surface area contributed by atoms with Crippen LogP contribution in [0.1, 0.15) is 16.8 Å². The standard InChI is InChI=1S/C15H18N4O3/c1-18(2)13-3-4-14(17-16-13)22-12-5-7-19(9-12)15(20)11-6-8-21-10-11/h3-4,6,8,10,12H,5,7,9H2,1-2H3/t12-/m0/s1. The van der Waals surface area contributed by atoms with Gasteiger partial charge in [-0.1, -0.05) is 0 Å². The summed E-state index contributed by atoms with van der Waals surface area (Å²) in [7, 11) is 3.81. The van der Waals surface area contributed by atoms with Gasteiger partial charge in [0.15, 0.2) is 5.82 Å². The van der Waals surface area contributed by atoms with Gasteiger partial charge in [-0.3, -0.25) is 4.79 Å². The van der Waals surface area contributed by atoms with Gasteiger partial charge in [-0.25, -0.2) is 0 Å². The van der Waals surface area contributed by atoms with Crippen LogP contribution in [0.15, 0.2) is 35.1 Å². The third-order valence-corrected chi connectivity index (χ3v) is 3.57. The Balaban J connectivity index is 1.58. The lowest BCUT2D eigenvalue weighted by atomic mass is 10.3. The Morgan fingerprint density at radius 2 is 2.23 bits per heavy atom. The van der Waals surface area contributed by atoms with Crippen LogP contribution in [0.3, 0.4) is 0 Å². The third kappa shape index (κ3) is 3.03. The SMILES string of the molecule is CN(C)c1ccc(O[C@H]2CCN(C(=O)c3ccoc3)C2)nn1. The van der Waals surface area contributed by atoms with Crippen molar-refractivity contribution < 1.29 is 13.9 Å². The minimum absolute atomic E-state index is 0.0334. The molecule has 3 heterocycles. The number of anilines is 1. The fraction of sp³-hybridized carbons (Fsp3) is 0.400. The number of likely N-dealkylation sites (tertiary alicyclic amines) is 1. The molecule has 0 N–H and O–H groups in total. The van der Waals surface area contributed by atoms with Gasteiger partial charge in [0.1, 0.15) is 12.4 Å². The maximum atomic E-state index is 12.2. The normalized spacial score (nSPS) is 17.5. The Kier molecular flexibility index (Phi) is 3.95. The molecular weight excluding hydrogens is 284 g/mol. The van der Waals surface area contributed by atoms with Gasteiger partial charge in [-0.15, -0.1) is 10.2 Å². The van der Waals surface area contributed by atoms with Gasteiger partial charge in [-0.05, 0) is 12.1 Å². The lowest BCUT2D eigenvalue weighted by molar-refractivity contribution is 0.0770. The molecule has 2 aromatic heterocycles. The van der Waals surface area contributed by atoms with Gasteiger partial charge >= 0.3 is 0 Å². The second-order valence-electron chi connectivity index (χ2n) is 5.42. The zero-order valence-corrected chi connectivity index (χ0v) is 12.6. The van der Waals surface area contributed by atoms with Crippen molar-refractivity contribution in [3.05, 3.63) is 36.3 Å². The number of hydrogen-bond acceptors (Lipinski definition) is 6. The highest BCUT2D eigenvalue weighted by atomic mass is 16.5. The Labute approximate surface area is 128 Å². The monoisotopic (exact) mass is 302 g/mol. The van der Waals surface area contributed by atoms with E-state index in [1.54, 1.807) is 17.0 Å². The van der Waals surface area contributed by atoms with Crippen molar-refractivity contribution in [2.75, 3.05) is 32.1 Å². The summed E-state index contributed by atoms with van der Waals surface area (Å²) in [5.41, 5.74) is 0.566. The number of carbonyl (C=O) groups excluding carboxylic acids is 1. The van der Waals surface area contributed by atoms with Gasteiger partial charge in [0.25, 0.3) is 5.91 Å². The molecule has 0 bridgehead atoms. The number of amides is 1. The molecule has 0 aliphatic carbocycles. The molecule has 116 valence electrons.